The molecule has 0 N–H and O–H groups in total. The van der Waals surface area contributed by atoms with Crippen LogP contribution in [-0.4, -0.2) is 29.9 Å². The van der Waals surface area contributed by atoms with Gasteiger partial charge in [-0.25, -0.2) is 12.8 Å². The lowest BCUT2D eigenvalue weighted by molar-refractivity contribution is 0.194. The second-order valence-corrected chi connectivity index (χ2v) is 5.12. The third kappa shape index (κ3) is 2.89. The summed E-state index contributed by atoms with van der Waals surface area (Å²) in [4.78, 5) is 0. The summed E-state index contributed by atoms with van der Waals surface area (Å²) in [5.41, 5.74) is 0.796. The van der Waals surface area contributed by atoms with E-state index in [2.05, 4.69) is 0 Å². The van der Waals surface area contributed by atoms with Gasteiger partial charge >= 0.3 is 0 Å². The first-order valence-electron chi connectivity index (χ1n) is 6.13. The van der Waals surface area contributed by atoms with Crippen LogP contribution in [0, 0.1) is 19.8 Å². The predicted octanol–water partition coefficient (Wildman–Crippen LogP) is 1.47. The van der Waals surface area contributed by atoms with Gasteiger partial charge in [0.2, 0.25) is 0 Å². The van der Waals surface area contributed by atoms with E-state index >= 15 is 0 Å². The van der Waals surface area contributed by atoms with Crippen molar-refractivity contribution in [1.29, 1.82) is 0 Å². The first-order chi connectivity index (χ1) is 9.18. The summed E-state index contributed by atoms with van der Waals surface area (Å²) in [7, 11) is -5.27. The zero-order valence-electron chi connectivity index (χ0n) is 12.2. The van der Waals surface area contributed by atoms with Gasteiger partial charge in [-0.05, 0) is 11.1 Å². The molecule has 2 rings (SSSR count). The van der Waals surface area contributed by atoms with E-state index in [1.54, 1.807) is 24.1 Å². The van der Waals surface area contributed by atoms with E-state index in [1.807, 2.05) is 0 Å². The lowest BCUT2D eigenvalue weighted by atomic mass is 10.1. The van der Waals surface area contributed by atoms with Crippen LogP contribution >= 0.6 is 0 Å². The molecular weight excluding hydrogens is 268 g/mol. The lowest BCUT2D eigenvalue weighted by Crippen LogP contribution is -2.37. The largest absolute Gasteiger partial charge is 0.735 e. The smallest absolute Gasteiger partial charge is 0.163 e. The quantitative estimate of drug-likeness (QED) is 0.480. The SMILES string of the molecule is [2H]C([2H])(C#C)N(C1c2ccccc2CC1[18F])S(=O)(=O)[O-].[CH3+]. The van der Waals surface area contributed by atoms with Gasteiger partial charge in [0.25, 0.3) is 0 Å². The molecule has 0 amide bonds. The number of fused-ring (bicyclic) bond motifs is 1. The fourth-order valence-corrected chi connectivity index (χ4v) is 2.81. The Hall–Kier alpha value is -1.55. The van der Waals surface area contributed by atoms with Gasteiger partial charge in [0.05, 0.1) is 15.3 Å². The molecule has 0 aromatic heterocycles. The van der Waals surface area contributed by atoms with Crippen LogP contribution in [0.4, 0.5) is 4.39 Å². The van der Waals surface area contributed by atoms with Crippen molar-refractivity contribution in [3.05, 3.63) is 42.8 Å². The second-order valence-electron chi connectivity index (χ2n) is 3.87. The van der Waals surface area contributed by atoms with E-state index in [9.17, 15) is 17.4 Å². The number of halogens is 1. The van der Waals surface area contributed by atoms with Crippen LogP contribution in [0.5, 0.6) is 0 Å². The minimum Gasteiger partial charge on any atom is -0.735 e. The van der Waals surface area contributed by atoms with Gasteiger partial charge in [-0.15, -0.1) is 6.42 Å². The minimum atomic E-state index is -5.27. The Balaban J connectivity index is 0.00000220. The Kier molecular flexibility index (Phi) is 3.69. The first kappa shape index (κ1) is 12.5. The highest BCUT2D eigenvalue weighted by molar-refractivity contribution is 7.83. The van der Waals surface area contributed by atoms with E-state index in [1.165, 1.54) is 6.07 Å². The second kappa shape index (κ2) is 5.61. The average Bonchev–Trinajstić information content (AvgIpc) is 2.65. The molecular formula is C13H14FNO3S. The Morgan fingerprint density at radius 1 is 1.58 bits per heavy atom. The molecule has 0 bridgehead atoms. The molecule has 1 aliphatic rings. The van der Waals surface area contributed by atoms with E-state index in [0.717, 1.165) is 0 Å². The molecule has 0 saturated carbocycles. The number of benzene rings is 1. The van der Waals surface area contributed by atoms with Gasteiger partial charge in [-0.2, -0.15) is 4.31 Å². The standard InChI is InChI=1S/C12H12FNO3S.CH3/c1-2-7-14(18(15,16)17)12-10-6-4-3-5-9(10)8-11(12)13;/h1,3-6,11-12H,7-8H2,(H,15,16,17);1H3/q;+1/p-1/i7D2,13-1;. The van der Waals surface area contributed by atoms with Gasteiger partial charge in [0, 0.05) is 13.8 Å². The number of rotatable bonds is 3. The fraction of sp³-hybridized carbons (Fsp3) is 0.308. The predicted molar refractivity (Wildman–Crippen MR) is 69.4 cm³/mol. The van der Waals surface area contributed by atoms with Crippen molar-refractivity contribution in [2.75, 3.05) is 6.50 Å². The highest BCUT2D eigenvalue weighted by Crippen LogP contribution is 2.38. The average molecular weight is 284 g/mol. The number of hydrogen-bond acceptors (Lipinski definition) is 3. The van der Waals surface area contributed by atoms with Crippen LogP contribution in [0.2, 0.25) is 0 Å². The number of hydrogen-bond donors (Lipinski definition) is 0. The molecule has 0 spiro atoms. The van der Waals surface area contributed by atoms with Gasteiger partial charge in [0.1, 0.15) is 6.17 Å². The molecule has 102 valence electrons. The van der Waals surface area contributed by atoms with Crippen LogP contribution in [0.3, 0.4) is 0 Å². The molecule has 0 saturated heterocycles. The molecule has 4 nitrogen and oxygen atoms in total. The van der Waals surface area contributed by atoms with Crippen LogP contribution in [0.1, 0.15) is 19.9 Å². The van der Waals surface area contributed by atoms with Crippen LogP contribution in [-0.2, 0) is 16.7 Å². The van der Waals surface area contributed by atoms with Gasteiger partial charge in [-0.1, -0.05) is 30.2 Å². The maximum absolute atomic E-state index is 14.1. The van der Waals surface area contributed by atoms with E-state index in [4.69, 9.17) is 9.16 Å². The van der Waals surface area contributed by atoms with Crippen LogP contribution < -0.4 is 0 Å². The Bertz CT molecular complexity index is 672. The van der Waals surface area contributed by atoms with E-state index in [-0.39, 0.29) is 23.7 Å². The molecule has 0 radical (unpaired) electrons. The first-order valence-corrected chi connectivity index (χ1v) is 6.50. The summed E-state index contributed by atoms with van der Waals surface area (Å²) in [6.45, 7) is -2.90. The van der Waals surface area contributed by atoms with Crippen molar-refractivity contribution in [1.82, 2.24) is 4.31 Å². The highest BCUT2D eigenvalue weighted by atomic mass is 32.2. The van der Waals surface area contributed by atoms with Crippen molar-refractivity contribution >= 4 is 10.3 Å². The number of alkyl halides is 1. The van der Waals surface area contributed by atoms with Gasteiger partial charge in [0.15, 0.2) is 10.3 Å². The normalized spacial score (nSPS) is 23.9. The summed E-state index contributed by atoms with van der Waals surface area (Å²) in [5, 5.41) is 0. The molecule has 6 heteroatoms. The van der Waals surface area contributed by atoms with Crippen molar-refractivity contribution in [3.63, 3.8) is 0 Å². The summed E-state index contributed by atoms with van der Waals surface area (Å²) in [5.74, 6) is 1.59. The number of terminal acetylenes is 1. The molecule has 2 atom stereocenters. The summed E-state index contributed by atoms with van der Waals surface area (Å²) in [6, 6.07) is 4.73. The summed E-state index contributed by atoms with van der Waals surface area (Å²) in [6.07, 6.45) is 3.13. The van der Waals surface area contributed by atoms with Crippen molar-refractivity contribution < 1.29 is 20.1 Å². The van der Waals surface area contributed by atoms with Crippen LogP contribution in [0.25, 0.3) is 0 Å². The summed E-state index contributed by atoms with van der Waals surface area (Å²) >= 11 is 0. The maximum Gasteiger partial charge on any atom is 0.163 e. The number of nitrogens with zero attached hydrogens (tertiary/aromatic N) is 1. The van der Waals surface area contributed by atoms with Crippen molar-refractivity contribution in [2.45, 2.75) is 18.6 Å². The van der Waals surface area contributed by atoms with Gasteiger partial charge < -0.3 is 4.55 Å². The zero-order valence-corrected chi connectivity index (χ0v) is 11.0. The molecule has 0 fully saturated rings. The maximum atomic E-state index is 14.1. The Labute approximate surface area is 115 Å². The van der Waals surface area contributed by atoms with Crippen LogP contribution in [0.15, 0.2) is 24.3 Å². The monoisotopic (exact) mass is 284 g/mol. The highest BCUT2D eigenvalue weighted by Gasteiger charge is 2.38. The topological polar surface area (TPSA) is 60.4 Å². The van der Waals surface area contributed by atoms with E-state index in [0.29, 0.717) is 5.56 Å². The zero-order chi connectivity index (χ0) is 15.1. The summed E-state index contributed by atoms with van der Waals surface area (Å²) < 4.78 is 63.1. The van der Waals surface area contributed by atoms with Crippen molar-refractivity contribution in [2.24, 2.45) is 0 Å². The molecule has 2 unspecified atom stereocenters. The Morgan fingerprint density at radius 3 is 2.79 bits per heavy atom. The van der Waals surface area contributed by atoms with Gasteiger partial charge in [-0.3, -0.25) is 0 Å². The molecule has 0 heterocycles. The third-order valence-corrected chi connectivity index (χ3v) is 3.60. The molecule has 1 aromatic rings. The Morgan fingerprint density at radius 2 is 2.21 bits per heavy atom. The fourth-order valence-electron chi connectivity index (χ4n) is 2.13. The molecule has 1 aromatic carbocycles. The minimum absolute atomic E-state index is 0. The third-order valence-electron chi connectivity index (χ3n) is 2.80. The van der Waals surface area contributed by atoms with Crippen molar-refractivity contribution in [3.8, 4) is 12.3 Å². The van der Waals surface area contributed by atoms with E-state index < -0.39 is 29.0 Å². The molecule has 0 aliphatic heterocycles. The lowest BCUT2D eigenvalue weighted by Gasteiger charge is -2.30. The molecule has 19 heavy (non-hydrogen) atoms. The molecule has 1 aliphatic carbocycles.